The molecule has 0 unspecified atom stereocenters. The van der Waals surface area contributed by atoms with Gasteiger partial charge in [0.25, 0.3) is 5.91 Å². The molecule has 1 saturated heterocycles. The van der Waals surface area contributed by atoms with Gasteiger partial charge in [0, 0.05) is 18.0 Å². The second kappa shape index (κ2) is 9.97. The summed E-state index contributed by atoms with van der Waals surface area (Å²) in [5.41, 5.74) is 0.729. The first-order valence-electron chi connectivity index (χ1n) is 10.1. The topological polar surface area (TPSA) is 102 Å². The van der Waals surface area contributed by atoms with Crippen LogP contribution in [0.4, 0.5) is 5.69 Å². The SMILES string of the molecule is CCOC(=O)C1CCN(C(=O)[C@@H](C)OC(=O)C[C@@H]2Sc3ccccc3NC2=O)CC1. The number of ether oxygens (including phenoxy) is 2. The van der Waals surface area contributed by atoms with Crippen molar-refractivity contribution in [1.82, 2.24) is 4.90 Å². The Morgan fingerprint density at radius 2 is 1.93 bits per heavy atom. The van der Waals surface area contributed by atoms with Gasteiger partial charge in [0.2, 0.25) is 5.91 Å². The van der Waals surface area contributed by atoms with Gasteiger partial charge in [0.05, 0.1) is 29.9 Å². The molecule has 0 aromatic heterocycles. The lowest BCUT2D eigenvalue weighted by Crippen LogP contribution is -2.45. The third kappa shape index (κ3) is 5.33. The van der Waals surface area contributed by atoms with Crippen LogP contribution in [0, 0.1) is 5.92 Å². The minimum Gasteiger partial charge on any atom is -0.466 e. The van der Waals surface area contributed by atoms with Crippen LogP contribution in [-0.4, -0.2) is 59.7 Å². The molecule has 1 aromatic carbocycles. The number of rotatable bonds is 6. The Bertz CT molecular complexity index is 821. The smallest absolute Gasteiger partial charge is 0.309 e. The maximum atomic E-state index is 12.6. The van der Waals surface area contributed by atoms with E-state index in [-0.39, 0.29) is 30.1 Å². The molecule has 30 heavy (non-hydrogen) atoms. The van der Waals surface area contributed by atoms with E-state index in [1.807, 2.05) is 18.2 Å². The Kier molecular flexibility index (Phi) is 7.36. The molecule has 2 aliphatic rings. The minimum absolute atomic E-state index is 0.118. The van der Waals surface area contributed by atoms with Gasteiger partial charge >= 0.3 is 11.9 Å². The highest BCUT2D eigenvalue weighted by molar-refractivity contribution is 8.01. The predicted octanol–water partition coefficient (Wildman–Crippen LogP) is 2.22. The molecule has 1 N–H and O–H groups in total. The number of hydrogen-bond donors (Lipinski definition) is 1. The lowest BCUT2D eigenvalue weighted by atomic mass is 9.97. The summed E-state index contributed by atoms with van der Waals surface area (Å²) in [4.78, 5) is 51.5. The quantitative estimate of drug-likeness (QED) is 0.685. The molecule has 1 aromatic rings. The highest BCUT2D eigenvalue weighted by atomic mass is 32.2. The second-order valence-electron chi connectivity index (χ2n) is 7.28. The molecule has 3 rings (SSSR count). The molecule has 9 heteroatoms. The summed E-state index contributed by atoms with van der Waals surface area (Å²) in [6, 6.07) is 7.38. The van der Waals surface area contributed by atoms with Crippen molar-refractivity contribution in [2.75, 3.05) is 25.0 Å². The summed E-state index contributed by atoms with van der Waals surface area (Å²) in [6.07, 6.45) is 0.000990. The van der Waals surface area contributed by atoms with Crippen LogP contribution in [0.15, 0.2) is 29.2 Å². The van der Waals surface area contributed by atoms with E-state index in [9.17, 15) is 19.2 Å². The van der Waals surface area contributed by atoms with Crippen LogP contribution in [0.2, 0.25) is 0 Å². The number of amides is 2. The Labute approximate surface area is 179 Å². The lowest BCUT2D eigenvalue weighted by Gasteiger charge is -2.32. The number of nitrogens with zero attached hydrogens (tertiary/aromatic N) is 1. The number of nitrogens with one attached hydrogen (secondary N) is 1. The Morgan fingerprint density at radius 1 is 1.23 bits per heavy atom. The van der Waals surface area contributed by atoms with Gasteiger partial charge in [0.15, 0.2) is 6.10 Å². The fraction of sp³-hybridized carbons (Fsp3) is 0.524. The molecule has 2 amide bonds. The molecule has 162 valence electrons. The highest BCUT2D eigenvalue weighted by Gasteiger charge is 2.33. The van der Waals surface area contributed by atoms with Crippen LogP contribution in [0.1, 0.15) is 33.1 Å². The average Bonchev–Trinajstić information content (AvgIpc) is 2.74. The molecule has 0 saturated carbocycles. The monoisotopic (exact) mass is 434 g/mol. The van der Waals surface area contributed by atoms with Crippen molar-refractivity contribution < 1.29 is 28.7 Å². The molecule has 2 atom stereocenters. The van der Waals surface area contributed by atoms with Gasteiger partial charge < -0.3 is 19.7 Å². The summed E-state index contributed by atoms with van der Waals surface area (Å²) in [5, 5.41) is 2.18. The fourth-order valence-corrected chi connectivity index (χ4v) is 4.62. The first kappa shape index (κ1) is 22.1. The Balaban J connectivity index is 1.47. The van der Waals surface area contributed by atoms with Crippen molar-refractivity contribution in [2.45, 2.75) is 49.4 Å². The van der Waals surface area contributed by atoms with Crippen LogP contribution >= 0.6 is 11.8 Å². The van der Waals surface area contributed by atoms with E-state index < -0.39 is 17.3 Å². The summed E-state index contributed by atoms with van der Waals surface area (Å²) in [6.45, 7) is 4.47. The molecule has 0 aliphatic carbocycles. The number of carbonyl (C=O) groups excluding carboxylic acids is 4. The van der Waals surface area contributed by atoms with E-state index in [1.165, 1.54) is 18.7 Å². The molecule has 2 aliphatic heterocycles. The molecule has 1 fully saturated rings. The van der Waals surface area contributed by atoms with Gasteiger partial charge in [-0.05, 0) is 38.8 Å². The number of piperidine rings is 1. The van der Waals surface area contributed by atoms with E-state index >= 15 is 0 Å². The number of hydrogen-bond acceptors (Lipinski definition) is 7. The predicted molar refractivity (Wildman–Crippen MR) is 111 cm³/mol. The molecular formula is C21H26N2O6S. The zero-order valence-corrected chi connectivity index (χ0v) is 17.9. The number of benzene rings is 1. The van der Waals surface area contributed by atoms with Crippen molar-refractivity contribution in [3.05, 3.63) is 24.3 Å². The first-order valence-corrected chi connectivity index (χ1v) is 11.0. The Morgan fingerprint density at radius 3 is 2.63 bits per heavy atom. The van der Waals surface area contributed by atoms with Gasteiger partial charge in [0.1, 0.15) is 0 Å². The van der Waals surface area contributed by atoms with E-state index in [2.05, 4.69) is 5.32 Å². The molecule has 0 spiro atoms. The summed E-state index contributed by atoms with van der Waals surface area (Å²) in [5.74, 6) is -1.57. The van der Waals surface area contributed by atoms with E-state index in [0.29, 0.717) is 32.5 Å². The third-order valence-corrected chi connectivity index (χ3v) is 6.42. The lowest BCUT2D eigenvalue weighted by molar-refractivity contribution is -0.161. The van der Waals surface area contributed by atoms with Crippen LogP contribution < -0.4 is 5.32 Å². The van der Waals surface area contributed by atoms with Gasteiger partial charge in [-0.15, -0.1) is 11.8 Å². The van der Waals surface area contributed by atoms with Crippen LogP contribution in [0.5, 0.6) is 0 Å². The van der Waals surface area contributed by atoms with E-state index in [0.717, 1.165) is 10.6 Å². The summed E-state index contributed by atoms with van der Waals surface area (Å²) >= 11 is 1.31. The number of fused-ring (bicyclic) bond motifs is 1. The largest absolute Gasteiger partial charge is 0.466 e. The van der Waals surface area contributed by atoms with Crippen molar-refractivity contribution >= 4 is 41.2 Å². The number of para-hydroxylation sites is 1. The average molecular weight is 435 g/mol. The minimum atomic E-state index is -0.944. The van der Waals surface area contributed by atoms with Crippen LogP contribution in [0.3, 0.4) is 0 Å². The molecule has 0 bridgehead atoms. The van der Waals surface area contributed by atoms with Crippen molar-refractivity contribution in [1.29, 1.82) is 0 Å². The van der Waals surface area contributed by atoms with Crippen LogP contribution in [0.25, 0.3) is 0 Å². The van der Waals surface area contributed by atoms with Gasteiger partial charge in [-0.3, -0.25) is 19.2 Å². The standard InChI is InChI=1S/C21H26N2O6S/c1-3-28-21(27)14-8-10-23(11-9-14)20(26)13(2)29-18(24)12-17-19(25)22-15-6-4-5-7-16(15)30-17/h4-7,13-14,17H,3,8-12H2,1-2H3,(H,22,25)/t13-,17+/m1/s1. The fourth-order valence-electron chi connectivity index (χ4n) is 3.53. The number of anilines is 1. The van der Waals surface area contributed by atoms with Gasteiger partial charge in [-0.25, -0.2) is 0 Å². The van der Waals surface area contributed by atoms with E-state index in [4.69, 9.17) is 9.47 Å². The summed E-state index contributed by atoms with van der Waals surface area (Å²) < 4.78 is 10.3. The zero-order chi connectivity index (χ0) is 21.7. The maximum absolute atomic E-state index is 12.6. The molecule has 0 radical (unpaired) electrons. The third-order valence-electron chi connectivity index (χ3n) is 5.14. The number of carbonyl (C=O) groups is 4. The van der Waals surface area contributed by atoms with Crippen molar-refractivity contribution in [3.63, 3.8) is 0 Å². The normalized spacial score (nSPS) is 20.0. The number of esters is 2. The van der Waals surface area contributed by atoms with Gasteiger partial charge in [-0.1, -0.05) is 12.1 Å². The second-order valence-corrected chi connectivity index (χ2v) is 8.52. The summed E-state index contributed by atoms with van der Waals surface area (Å²) in [7, 11) is 0. The van der Waals surface area contributed by atoms with Crippen molar-refractivity contribution in [3.8, 4) is 0 Å². The number of thioether (sulfide) groups is 1. The van der Waals surface area contributed by atoms with Crippen LogP contribution in [-0.2, 0) is 28.7 Å². The maximum Gasteiger partial charge on any atom is 0.309 e. The number of likely N-dealkylation sites (tertiary alicyclic amines) is 1. The van der Waals surface area contributed by atoms with E-state index in [1.54, 1.807) is 17.9 Å². The molecular weight excluding hydrogens is 408 g/mol. The first-order chi connectivity index (χ1) is 14.4. The van der Waals surface area contributed by atoms with Crippen molar-refractivity contribution in [2.24, 2.45) is 5.92 Å². The zero-order valence-electron chi connectivity index (χ0n) is 17.1. The Hall–Kier alpha value is -2.55. The molecule has 2 heterocycles. The highest BCUT2D eigenvalue weighted by Crippen LogP contribution is 2.36. The van der Waals surface area contributed by atoms with Gasteiger partial charge in [-0.2, -0.15) is 0 Å². The molecule has 8 nitrogen and oxygen atoms in total.